The molecule has 0 atom stereocenters. The first-order valence-electron chi connectivity index (χ1n) is 7.99. The molecule has 2 aromatic heterocycles. The van der Waals surface area contributed by atoms with Gasteiger partial charge < -0.3 is 5.32 Å². The van der Waals surface area contributed by atoms with E-state index in [1.165, 1.54) is 6.07 Å². The zero-order chi connectivity index (χ0) is 18.3. The number of nitrogens with one attached hydrogen (secondary N) is 1. The SMILES string of the molecule is Cc1ccccc1Nc1c(-c2c(F)cccc2Cl)nc2ccc(Cl)cn12. The lowest BCUT2D eigenvalue weighted by molar-refractivity contribution is 0.631. The number of fused-ring (bicyclic) bond motifs is 1. The molecule has 26 heavy (non-hydrogen) atoms. The Balaban J connectivity index is 2.00. The average Bonchev–Trinajstić information content (AvgIpc) is 2.94. The molecular weight excluding hydrogens is 372 g/mol. The van der Waals surface area contributed by atoms with Gasteiger partial charge in [0.15, 0.2) is 0 Å². The summed E-state index contributed by atoms with van der Waals surface area (Å²) in [5.74, 6) is 0.170. The number of pyridine rings is 1. The molecule has 2 heterocycles. The molecular formula is C20H14Cl2FN3. The predicted octanol–water partition coefficient (Wildman–Crippen LogP) is 6.50. The van der Waals surface area contributed by atoms with Crippen molar-refractivity contribution in [2.75, 3.05) is 5.32 Å². The highest BCUT2D eigenvalue weighted by atomic mass is 35.5. The lowest BCUT2D eigenvalue weighted by atomic mass is 10.1. The molecule has 0 spiro atoms. The maximum absolute atomic E-state index is 14.6. The summed E-state index contributed by atoms with van der Waals surface area (Å²) in [6, 6.07) is 16.0. The van der Waals surface area contributed by atoms with Crippen LogP contribution in [0.3, 0.4) is 0 Å². The minimum absolute atomic E-state index is 0.255. The number of nitrogens with zero attached hydrogens (tertiary/aromatic N) is 2. The van der Waals surface area contributed by atoms with Crippen molar-refractivity contribution in [1.82, 2.24) is 9.38 Å². The van der Waals surface area contributed by atoms with E-state index < -0.39 is 5.82 Å². The molecule has 6 heteroatoms. The number of benzene rings is 2. The molecule has 0 saturated carbocycles. The number of aryl methyl sites for hydroxylation is 1. The molecule has 0 fully saturated rings. The molecule has 0 aliphatic heterocycles. The van der Waals surface area contributed by atoms with Gasteiger partial charge in [0.05, 0.1) is 15.6 Å². The summed E-state index contributed by atoms with van der Waals surface area (Å²) >= 11 is 12.5. The van der Waals surface area contributed by atoms with E-state index in [2.05, 4.69) is 10.3 Å². The van der Waals surface area contributed by atoms with Crippen molar-refractivity contribution < 1.29 is 4.39 Å². The van der Waals surface area contributed by atoms with Crippen LogP contribution in [-0.2, 0) is 0 Å². The molecule has 0 aliphatic carbocycles. The monoisotopic (exact) mass is 385 g/mol. The second-order valence-electron chi connectivity index (χ2n) is 5.92. The van der Waals surface area contributed by atoms with Gasteiger partial charge in [0, 0.05) is 11.9 Å². The predicted molar refractivity (Wildman–Crippen MR) is 105 cm³/mol. The van der Waals surface area contributed by atoms with Crippen molar-refractivity contribution in [3.63, 3.8) is 0 Å². The second kappa shape index (κ2) is 6.63. The summed E-state index contributed by atoms with van der Waals surface area (Å²) < 4.78 is 16.4. The molecule has 0 bridgehead atoms. The van der Waals surface area contributed by atoms with Gasteiger partial charge in [0.25, 0.3) is 0 Å². The van der Waals surface area contributed by atoms with Gasteiger partial charge in [-0.15, -0.1) is 0 Å². The van der Waals surface area contributed by atoms with Crippen LogP contribution in [0, 0.1) is 12.7 Å². The maximum atomic E-state index is 14.6. The summed E-state index contributed by atoms with van der Waals surface area (Å²) in [4.78, 5) is 4.59. The van der Waals surface area contributed by atoms with Crippen molar-refractivity contribution in [1.29, 1.82) is 0 Å². The highest BCUT2D eigenvalue weighted by molar-refractivity contribution is 6.33. The van der Waals surface area contributed by atoms with Crippen LogP contribution in [0.1, 0.15) is 5.56 Å². The molecule has 0 amide bonds. The van der Waals surface area contributed by atoms with Crippen molar-refractivity contribution in [2.24, 2.45) is 0 Å². The second-order valence-corrected chi connectivity index (χ2v) is 6.76. The fourth-order valence-electron chi connectivity index (χ4n) is 2.88. The summed E-state index contributed by atoms with van der Waals surface area (Å²) in [6.45, 7) is 1.99. The lowest BCUT2D eigenvalue weighted by Gasteiger charge is -2.12. The molecule has 3 nitrogen and oxygen atoms in total. The lowest BCUT2D eigenvalue weighted by Crippen LogP contribution is -1.99. The summed E-state index contributed by atoms with van der Waals surface area (Å²) in [5.41, 5.74) is 3.27. The Morgan fingerprint density at radius 3 is 2.58 bits per heavy atom. The molecule has 130 valence electrons. The first kappa shape index (κ1) is 16.9. The van der Waals surface area contributed by atoms with Crippen molar-refractivity contribution in [3.8, 4) is 11.3 Å². The summed E-state index contributed by atoms with van der Waals surface area (Å²) in [5, 5.41) is 4.21. The number of hydrogen-bond acceptors (Lipinski definition) is 2. The topological polar surface area (TPSA) is 29.3 Å². The Labute approximate surface area is 160 Å². The number of halogens is 3. The van der Waals surface area contributed by atoms with Gasteiger partial charge in [0.1, 0.15) is 23.0 Å². The molecule has 2 aromatic carbocycles. The van der Waals surface area contributed by atoms with Gasteiger partial charge in [-0.1, -0.05) is 47.5 Å². The van der Waals surface area contributed by atoms with Gasteiger partial charge in [-0.25, -0.2) is 9.37 Å². The number of para-hydroxylation sites is 1. The molecule has 1 N–H and O–H groups in total. The van der Waals surface area contributed by atoms with Gasteiger partial charge >= 0.3 is 0 Å². The smallest absolute Gasteiger partial charge is 0.143 e. The fourth-order valence-corrected chi connectivity index (χ4v) is 3.29. The van der Waals surface area contributed by atoms with E-state index in [1.54, 1.807) is 34.9 Å². The highest BCUT2D eigenvalue weighted by Crippen LogP contribution is 2.37. The van der Waals surface area contributed by atoms with Crippen molar-refractivity contribution in [2.45, 2.75) is 6.92 Å². The van der Waals surface area contributed by atoms with E-state index in [-0.39, 0.29) is 5.56 Å². The number of anilines is 2. The van der Waals surface area contributed by atoms with E-state index in [0.717, 1.165) is 11.3 Å². The van der Waals surface area contributed by atoms with Crippen LogP contribution in [0.15, 0.2) is 60.8 Å². The number of rotatable bonds is 3. The Morgan fingerprint density at radius 2 is 1.81 bits per heavy atom. The van der Waals surface area contributed by atoms with Crippen molar-refractivity contribution >= 4 is 40.4 Å². The maximum Gasteiger partial charge on any atom is 0.143 e. The van der Waals surface area contributed by atoms with Crippen LogP contribution in [0.2, 0.25) is 10.0 Å². The first-order chi connectivity index (χ1) is 12.5. The Morgan fingerprint density at radius 1 is 1.00 bits per heavy atom. The Kier molecular flexibility index (Phi) is 4.31. The largest absolute Gasteiger partial charge is 0.339 e. The number of aromatic nitrogens is 2. The van der Waals surface area contributed by atoms with E-state index in [4.69, 9.17) is 23.2 Å². The van der Waals surface area contributed by atoms with Crippen molar-refractivity contribution in [3.05, 3.63) is 82.2 Å². The van der Waals surface area contributed by atoms with Crippen LogP contribution in [0.4, 0.5) is 15.9 Å². The van der Waals surface area contributed by atoms with E-state index >= 15 is 0 Å². The zero-order valence-corrected chi connectivity index (χ0v) is 15.3. The van der Waals surface area contributed by atoms with Crippen LogP contribution in [-0.4, -0.2) is 9.38 Å². The van der Waals surface area contributed by atoms with E-state index in [0.29, 0.717) is 27.2 Å². The van der Waals surface area contributed by atoms with Crippen LogP contribution < -0.4 is 5.32 Å². The van der Waals surface area contributed by atoms with E-state index in [1.807, 2.05) is 31.2 Å². The quantitative estimate of drug-likeness (QED) is 0.436. The Hall–Kier alpha value is -2.56. The highest BCUT2D eigenvalue weighted by Gasteiger charge is 2.20. The van der Waals surface area contributed by atoms with Gasteiger partial charge in [-0.05, 0) is 42.8 Å². The average molecular weight is 386 g/mol. The molecule has 4 rings (SSSR count). The van der Waals surface area contributed by atoms with Crippen LogP contribution in [0.5, 0.6) is 0 Å². The van der Waals surface area contributed by atoms with E-state index in [9.17, 15) is 4.39 Å². The molecule has 4 aromatic rings. The van der Waals surface area contributed by atoms with Gasteiger partial charge in [-0.3, -0.25) is 4.40 Å². The third-order valence-electron chi connectivity index (χ3n) is 4.18. The summed E-state index contributed by atoms with van der Waals surface area (Å²) in [6.07, 6.45) is 1.74. The molecule has 0 unspecified atom stereocenters. The summed E-state index contributed by atoms with van der Waals surface area (Å²) in [7, 11) is 0. The Bertz CT molecular complexity index is 1100. The minimum atomic E-state index is -0.431. The first-order valence-corrected chi connectivity index (χ1v) is 8.75. The fraction of sp³-hybridized carbons (Fsp3) is 0.0500. The van der Waals surface area contributed by atoms with Gasteiger partial charge in [-0.2, -0.15) is 0 Å². The molecule has 0 aliphatic rings. The normalized spacial score (nSPS) is 11.1. The number of imidazole rings is 1. The van der Waals surface area contributed by atoms with Gasteiger partial charge in [0.2, 0.25) is 0 Å². The van der Waals surface area contributed by atoms with Crippen LogP contribution in [0.25, 0.3) is 16.9 Å². The van der Waals surface area contributed by atoms with Crippen LogP contribution >= 0.6 is 23.2 Å². The molecule has 0 radical (unpaired) electrons. The number of hydrogen-bond donors (Lipinski definition) is 1. The zero-order valence-electron chi connectivity index (χ0n) is 13.8. The molecule has 0 saturated heterocycles. The minimum Gasteiger partial charge on any atom is -0.339 e. The third-order valence-corrected chi connectivity index (χ3v) is 4.72. The third kappa shape index (κ3) is 2.91. The standard InChI is InChI=1S/C20H14Cl2FN3/c1-12-5-2-3-8-16(12)24-20-19(18-14(22)6-4-7-15(18)23)25-17-10-9-13(21)11-26(17)20/h2-11,24H,1H3.